The Balaban J connectivity index is 1.35. The van der Waals surface area contributed by atoms with E-state index in [2.05, 4.69) is 4.98 Å². The number of rotatable bonds is 5. The second-order valence-corrected chi connectivity index (χ2v) is 11.0. The first-order chi connectivity index (χ1) is 17.0. The number of carboxylic acids is 1. The van der Waals surface area contributed by atoms with Crippen molar-refractivity contribution in [2.45, 2.75) is 45.5 Å². The number of alkyl halides is 3. The van der Waals surface area contributed by atoms with Gasteiger partial charge < -0.3 is 14.6 Å². The molecule has 2 aliphatic heterocycles. The Morgan fingerprint density at radius 1 is 1.17 bits per heavy atom. The number of fused-ring (bicyclic) bond motifs is 3. The summed E-state index contributed by atoms with van der Waals surface area (Å²) in [5.41, 5.74) is 1.96. The molecule has 1 amide bonds. The third-order valence-corrected chi connectivity index (χ3v) is 8.57. The van der Waals surface area contributed by atoms with Crippen LogP contribution in [0.15, 0.2) is 30.5 Å². The van der Waals surface area contributed by atoms with Crippen molar-refractivity contribution in [1.82, 2.24) is 19.4 Å². The average molecular weight is 521 g/mol. The lowest BCUT2D eigenvalue weighted by Crippen LogP contribution is -2.48. The minimum atomic E-state index is -4.38. The van der Waals surface area contributed by atoms with Gasteiger partial charge in [0.15, 0.2) is 0 Å². The van der Waals surface area contributed by atoms with Crippen molar-refractivity contribution in [3.8, 4) is 0 Å². The summed E-state index contributed by atoms with van der Waals surface area (Å²) in [7, 11) is 0. The highest BCUT2D eigenvalue weighted by Gasteiger charge is 2.38. The van der Waals surface area contributed by atoms with Gasteiger partial charge >= 0.3 is 12.1 Å². The minimum absolute atomic E-state index is 0.0279. The maximum absolute atomic E-state index is 13.2. The van der Waals surface area contributed by atoms with Gasteiger partial charge in [-0.15, -0.1) is 11.3 Å². The number of hydrogen-bond donors (Lipinski definition) is 1. The van der Waals surface area contributed by atoms with E-state index in [0.717, 1.165) is 34.0 Å². The van der Waals surface area contributed by atoms with E-state index < -0.39 is 22.4 Å². The molecule has 7 nitrogen and oxygen atoms in total. The number of aliphatic carboxylic acids is 1. The van der Waals surface area contributed by atoms with Gasteiger partial charge in [0.05, 0.1) is 25.0 Å². The second kappa shape index (κ2) is 9.19. The molecule has 5 rings (SSSR count). The third-order valence-electron chi connectivity index (χ3n) is 7.46. The molecular weight excluding hydrogens is 493 g/mol. The van der Waals surface area contributed by atoms with Crippen LogP contribution >= 0.6 is 11.3 Å². The molecule has 0 atom stereocenters. The van der Waals surface area contributed by atoms with E-state index in [0.29, 0.717) is 56.0 Å². The first-order valence-corrected chi connectivity index (χ1v) is 12.7. The van der Waals surface area contributed by atoms with Gasteiger partial charge in [0.1, 0.15) is 10.5 Å². The maximum Gasteiger partial charge on any atom is 0.425 e. The Morgan fingerprint density at radius 2 is 1.92 bits per heavy atom. The molecule has 36 heavy (non-hydrogen) atoms. The fraction of sp³-hybridized carbons (Fsp3) is 0.480. The molecule has 0 spiro atoms. The third kappa shape index (κ3) is 4.61. The first-order valence-electron chi connectivity index (χ1n) is 11.9. The number of amides is 1. The van der Waals surface area contributed by atoms with Crippen LogP contribution in [-0.2, 0) is 35.3 Å². The van der Waals surface area contributed by atoms with Crippen LogP contribution in [-0.4, -0.2) is 62.5 Å². The summed E-state index contributed by atoms with van der Waals surface area (Å²) in [6.07, 6.45) is -1.06. The quantitative estimate of drug-likeness (QED) is 0.545. The van der Waals surface area contributed by atoms with Gasteiger partial charge in [0.2, 0.25) is 5.91 Å². The summed E-state index contributed by atoms with van der Waals surface area (Å²) in [5.74, 6) is -0.827. The maximum atomic E-state index is 13.2. The minimum Gasteiger partial charge on any atom is -0.481 e. The van der Waals surface area contributed by atoms with Gasteiger partial charge in [-0.25, -0.2) is 4.98 Å². The summed E-state index contributed by atoms with van der Waals surface area (Å²) in [4.78, 5) is 32.9. The molecule has 0 aromatic carbocycles. The first kappa shape index (κ1) is 24.8. The van der Waals surface area contributed by atoms with Crippen LogP contribution in [0.3, 0.4) is 0 Å². The smallest absolute Gasteiger partial charge is 0.425 e. The number of likely N-dealkylation sites (tertiary alicyclic amines) is 1. The molecule has 0 bridgehead atoms. The van der Waals surface area contributed by atoms with Gasteiger partial charge in [0, 0.05) is 28.7 Å². The number of aromatic nitrogens is 2. The lowest BCUT2D eigenvalue weighted by Gasteiger charge is -2.37. The van der Waals surface area contributed by atoms with E-state index in [1.54, 1.807) is 18.0 Å². The normalized spacial score (nSPS) is 18.4. The molecule has 11 heteroatoms. The average Bonchev–Trinajstić information content (AvgIpc) is 3.44. The zero-order chi connectivity index (χ0) is 25.7. The number of nitrogens with zero attached hydrogens (tertiary/aromatic N) is 4. The predicted octanol–water partition coefficient (Wildman–Crippen LogP) is 4.24. The number of thiophene rings is 1. The van der Waals surface area contributed by atoms with E-state index >= 15 is 0 Å². The van der Waals surface area contributed by atoms with Crippen molar-refractivity contribution in [2.75, 3.05) is 26.2 Å². The van der Waals surface area contributed by atoms with Crippen molar-refractivity contribution in [2.24, 2.45) is 5.41 Å². The van der Waals surface area contributed by atoms with Gasteiger partial charge in [-0.3, -0.25) is 14.5 Å². The molecule has 5 heterocycles. The zero-order valence-electron chi connectivity index (χ0n) is 19.8. The fourth-order valence-electron chi connectivity index (χ4n) is 5.12. The molecule has 2 aliphatic rings. The molecule has 3 aromatic heterocycles. The standard InChI is InChI=1S/C25H27F3N4O3S/c1-24(23(34)35)7-11-30(12-8-24)15-21(33)31-10-6-17-18-3-2-9-29-22(18)32(19(17)14-31)13-16-4-5-20(36-16)25(26,27)28/h2-5,9H,6-8,10-15H2,1H3,(H,34,35). The van der Waals surface area contributed by atoms with Crippen LogP contribution in [0.25, 0.3) is 11.0 Å². The summed E-state index contributed by atoms with van der Waals surface area (Å²) in [5, 5.41) is 10.4. The van der Waals surface area contributed by atoms with E-state index in [9.17, 15) is 27.9 Å². The molecular formula is C25H27F3N4O3S. The topological polar surface area (TPSA) is 78.7 Å². The summed E-state index contributed by atoms with van der Waals surface area (Å²) >= 11 is 0.727. The van der Waals surface area contributed by atoms with Gasteiger partial charge in [-0.05, 0) is 69.1 Å². The van der Waals surface area contributed by atoms with E-state index in [1.165, 1.54) is 6.07 Å². The highest BCUT2D eigenvalue weighted by molar-refractivity contribution is 7.12. The molecule has 1 fully saturated rings. The lowest BCUT2D eigenvalue weighted by molar-refractivity contribution is -0.151. The van der Waals surface area contributed by atoms with Crippen molar-refractivity contribution < 1.29 is 27.9 Å². The highest BCUT2D eigenvalue weighted by Crippen LogP contribution is 2.37. The molecule has 0 saturated carbocycles. The molecule has 3 aromatic rings. The number of carbonyl (C=O) groups is 2. The summed E-state index contributed by atoms with van der Waals surface area (Å²) < 4.78 is 41.3. The van der Waals surface area contributed by atoms with E-state index in [-0.39, 0.29) is 19.0 Å². The van der Waals surface area contributed by atoms with Gasteiger partial charge in [-0.2, -0.15) is 13.2 Å². The van der Waals surface area contributed by atoms with Crippen molar-refractivity contribution in [3.63, 3.8) is 0 Å². The Hall–Kier alpha value is -2.92. The monoisotopic (exact) mass is 520 g/mol. The number of carbonyl (C=O) groups excluding carboxylic acids is 1. The van der Waals surface area contributed by atoms with Crippen LogP contribution in [0, 0.1) is 5.41 Å². The van der Waals surface area contributed by atoms with E-state index in [4.69, 9.17) is 0 Å². The Morgan fingerprint density at radius 3 is 2.58 bits per heavy atom. The SMILES string of the molecule is CC1(C(=O)O)CCN(CC(=O)N2CCc3c(n(Cc4ccc(C(F)(F)F)s4)c4ncccc34)C2)CC1. The fourth-order valence-corrected chi connectivity index (χ4v) is 5.99. The van der Waals surface area contributed by atoms with Crippen molar-refractivity contribution >= 4 is 34.2 Å². The number of pyridine rings is 1. The molecule has 192 valence electrons. The van der Waals surface area contributed by atoms with E-state index in [1.807, 2.05) is 21.6 Å². The predicted molar refractivity (Wildman–Crippen MR) is 129 cm³/mol. The molecule has 0 unspecified atom stereocenters. The Labute approximate surface area is 210 Å². The van der Waals surface area contributed by atoms with Crippen LogP contribution < -0.4 is 0 Å². The van der Waals surface area contributed by atoms with Crippen molar-refractivity contribution in [3.05, 3.63) is 51.5 Å². The Kier molecular flexibility index (Phi) is 6.32. The number of carboxylic acid groups (broad SMARTS) is 1. The second-order valence-electron chi connectivity index (χ2n) is 9.86. The lowest BCUT2D eigenvalue weighted by atomic mass is 9.80. The van der Waals surface area contributed by atoms with Crippen LogP contribution in [0.5, 0.6) is 0 Å². The van der Waals surface area contributed by atoms with Crippen LogP contribution in [0.4, 0.5) is 13.2 Å². The van der Waals surface area contributed by atoms with Crippen LogP contribution in [0.1, 0.15) is 40.8 Å². The highest BCUT2D eigenvalue weighted by atomic mass is 32.1. The summed E-state index contributed by atoms with van der Waals surface area (Å²) in [6, 6.07) is 6.42. The largest absolute Gasteiger partial charge is 0.481 e. The number of hydrogen-bond acceptors (Lipinski definition) is 5. The zero-order valence-corrected chi connectivity index (χ0v) is 20.7. The number of piperidine rings is 1. The molecule has 0 radical (unpaired) electrons. The van der Waals surface area contributed by atoms with Gasteiger partial charge in [-0.1, -0.05) is 0 Å². The number of halogens is 3. The van der Waals surface area contributed by atoms with Gasteiger partial charge in [0.25, 0.3) is 0 Å². The van der Waals surface area contributed by atoms with Crippen molar-refractivity contribution in [1.29, 1.82) is 0 Å². The van der Waals surface area contributed by atoms with Crippen LogP contribution in [0.2, 0.25) is 0 Å². The molecule has 0 aliphatic carbocycles. The molecule has 1 saturated heterocycles. The summed E-state index contributed by atoms with van der Waals surface area (Å²) in [6.45, 7) is 4.25. The molecule has 1 N–H and O–H groups in total. The Bertz CT molecular complexity index is 1310.